The average molecular weight is 332 g/mol. The van der Waals surface area contributed by atoms with Gasteiger partial charge in [0.2, 0.25) is 5.91 Å². The summed E-state index contributed by atoms with van der Waals surface area (Å²) in [5, 5.41) is 7.22. The molecular formula is C16H20N4O2S. The van der Waals surface area contributed by atoms with Gasteiger partial charge in [-0.2, -0.15) is 5.10 Å². The summed E-state index contributed by atoms with van der Waals surface area (Å²) < 4.78 is 7.86. The number of rotatable bonds is 4. The lowest BCUT2D eigenvalue weighted by Crippen LogP contribution is -2.38. The van der Waals surface area contributed by atoms with Gasteiger partial charge in [-0.25, -0.2) is 0 Å². The van der Waals surface area contributed by atoms with Crippen LogP contribution in [0.2, 0.25) is 0 Å². The normalized spacial score (nSPS) is 18.7. The number of piperidine rings is 1. The third-order valence-corrected chi connectivity index (χ3v) is 4.45. The molecule has 6 nitrogen and oxygen atoms in total. The molecule has 23 heavy (non-hydrogen) atoms. The molecule has 1 aliphatic heterocycles. The van der Waals surface area contributed by atoms with Crippen LogP contribution in [0.15, 0.2) is 28.9 Å². The van der Waals surface area contributed by atoms with Crippen molar-refractivity contribution in [3.63, 3.8) is 0 Å². The van der Waals surface area contributed by atoms with Crippen molar-refractivity contribution in [2.45, 2.75) is 32.2 Å². The average Bonchev–Trinajstić information content (AvgIpc) is 3.22. The number of nitrogens with one attached hydrogen (secondary N) is 1. The van der Waals surface area contributed by atoms with Crippen LogP contribution in [0.25, 0.3) is 6.08 Å². The van der Waals surface area contributed by atoms with E-state index in [0.717, 1.165) is 31.8 Å². The third-order valence-electron chi connectivity index (χ3n) is 4.14. The Balaban J connectivity index is 1.70. The van der Waals surface area contributed by atoms with Crippen LogP contribution in [0.1, 0.15) is 37.3 Å². The van der Waals surface area contributed by atoms with Gasteiger partial charge in [0, 0.05) is 31.6 Å². The second kappa shape index (κ2) is 6.95. The number of nitrogens with zero attached hydrogens (tertiary/aromatic N) is 3. The number of aromatic amines is 1. The molecule has 0 unspecified atom stereocenters. The van der Waals surface area contributed by atoms with E-state index < -0.39 is 0 Å². The number of furan rings is 1. The minimum atomic E-state index is 0.00304. The molecule has 0 aliphatic carbocycles. The standard InChI is InChI=1S/C16H20N4O2S/c1-2-20-15(17-18-16(20)23)12-5-3-9-19(11-12)14(21)8-7-13-6-4-10-22-13/h4,6-8,10,12H,2-3,5,9,11H2,1H3,(H,18,23)/b8-7-/t12-/m1/s1. The first-order chi connectivity index (χ1) is 11.2. The topological polar surface area (TPSA) is 67.1 Å². The van der Waals surface area contributed by atoms with E-state index in [0.29, 0.717) is 17.1 Å². The molecule has 3 heterocycles. The summed E-state index contributed by atoms with van der Waals surface area (Å²) in [6.07, 6.45) is 6.85. The van der Waals surface area contributed by atoms with Crippen molar-refractivity contribution >= 4 is 24.2 Å². The fourth-order valence-electron chi connectivity index (χ4n) is 2.98. The monoisotopic (exact) mass is 332 g/mol. The van der Waals surface area contributed by atoms with Gasteiger partial charge in [0.05, 0.1) is 6.26 Å². The van der Waals surface area contributed by atoms with Gasteiger partial charge in [-0.3, -0.25) is 9.89 Å². The molecule has 1 fully saturated rings. The highest BCUT2D eigenvalue weighted by Crippen LogP contribution is 2.26. The fourth-order valence-corrected chi connectivity index (χ4v) is 3.25. The molecule has 2 aromatic rings. The van der Waals surface area contributed by atoms with Crippen molar-refractivity contribution in [3.8, 4) is 0 Å². The lowest BCUT2D eigenvalue weighted by Gasteiger charge is -2.31. The SMILES string of the molecule is CCn1c([C@@H]2CCCN(C(=O)/C=C\c3ccco3)C2)n[nH]c1=S. The Morgan fingerprint density at radius 3 is 3.22 bits per heavy atom. The molecule has 0 spiro atoms. The summed E-state index contributed by atoms with van der Waals surface area (Å²) in [7, 11) is 0. The lowest BCUT2D eigenvalue weighted by molar-refractivity contribution is -0.127. The van der Waals surface area contributed by atoms with Crippen molar-refractivity contribution in [3.05, 3.63) is 40.8 Å². The molecule has 1 atom stereocenters. The van der Waals surface area contributed by atoms with Crippen molar-refractivity contribution in [2.24, 2.45) is 0 Å². The van der Waals surface area contributed by atoms with Crippen molar-refractivity contribution in [2.75, 3.05) is 13.1 Å². The number of amides is 1. The molecular weight excluding hydrogens is 312 g/mol. The maximum atomic E-state index is 12.4. The second-order valence-electron chi connectivity index (χ2n) is 5.60. The van der Waals surface area contributed by atoms with Crippen LogP contribution in [-0.2, 0) is 11.3 Å². The quantitative estimate of drug-likeness (QED) is 0.690. The molecule has 1 aliphatic rings. The van der Waals surface area contributed by atoms with Gasteiger partial charge < -0.3 is 13.9 Å². The van der Waals surface area contributed by atoms with E-state index in [1.807, 2.05) is 22.5 Å². The lowest BCUT2D eigenvalue weighted by atomic mass is 9.97. The van der Waals surface area contributed by atoms with Gasteiger partial charge in [0.1, 0.15) is 11.6 Å². The van der Waals surface area contributed by atoms with E-state index in [-0.39, 0.29) is 11.8 Å². The highest BCUT2D eigenvalue weighted by molar-refractivity contribution is 7.71. The summed E-state index contributed by atoms with van der Waals surface area (Å²) in [5.41, 5.74) is 0. The van der Waals surface area contributed by atoms with Crippen molar-refractivity contribution in [1.82, 2.24) is 19.7 Å². The molecule has 122 valence electrons. The van der Waals surface area contributed by atoms with E-state index in [2.05, 4.69) is 10.2 Å². The largest absolute Gasteiger partial charge is 0.465 e. The summed E-state index contributed by atoms with van der Waals surface area (Å²) in [4.78, 5) is 14.2. The number of likely N-dealkylation sites (tertiary alicyclic amines) is 1. The van der Waals surface area contributed by atoms with Crippen LogP contribution in [0.4, 0.5) is 0 Å². The highest BCUT2D eigenvalue weighted by Gasteiger charge is 2.27. The molecule has 1 amide bonds. The summed E-state index contributed by atoms with van der Waals surface area (Å²) in [6.45, 7) is 4.27. The number of carbonyl (C=O) groups excluding carboxylic acids is 1. The molecule has 7 heteroatoms. The van der Waals surface area contributed by atoms with Crippen LogP contribution in [0.5, 0.6) is 0 Å². The van der Waals surface area contributed by atoms with Crippen LogP contribution < -0.4 is 0 Å². The first-order valence-corrected chi connectivity index (χ1v) is 8.25. The minimum Gasteiger partial charge on any atom is -0.465 e. The van der Waals surface area contributed by atoms with Crippen LogP contribution in [0.3, 0.4) is 0 Å². The number of hydrogen-bond acceptors (Lipinski definition) is 4. The van der Waals surface area contributed by atoms with Gasteiger partial charge >= 0.3 is 0 Å². The van der Waals surface area contributed by atoms with Gasteiger partial charge in [-0.05, 0) is 50.2 Å². The molecule has 0 saturated carbocycles. The van der Waals surface area contributed by atoms with E-state index in [9.17, 15) is 4.79 Å². The third kappa shape index (κ3) is 3.44. The minimum absolute atomic E-state index is 0.00304. The fraction of sp³-hybridized carbons (Fsp3) is 0.438. The Morgan fingerprint density at radius 2 is 2.48 bits per heavy atom. The molecule has 1 saturated heterocycles. The zero-order valence-corrected chi connectivity index (χ0v) is 13.9. The first-order valence-electron chi connectivity index (χ1n) is 7.84. The van der Waals surface area contributed by atoms with E-state index in [4.69, 9.17) is 16.6 Å². The molecule has 1 N–H and O–H groups in total. The second-order valence-corrected chi connectivity index (χ2v) is 5.99. The van der Waals surface area contributed by atoms with Gasteiger partial charge in [0.15, 0.2) is 4.77 Å². The maximum Gasteiger partial charge on any atom is 0.246 e. The predicted molar refractivity (Wildman–Crippen MR) is 89.4 cm³/mol. The Hall–Kier alpha value is -2.15. The summed E-state index contributed by atoms with van der Waals surface area (Å²) in [6, 6.07) is 3.62. The van der Waals surface area contributed by atoms with E-state index in [1.54, 1.807) is 24.5 Å². The predicted octanol–water partition coefficient (Wildman–Crippen LogP) is 2.97. The van der Waals surface area contributed by atoms with Gasteiger partial charge in [-0.1, -0.05) is 0 Å². The van der Waals surface area contributed by atoms with Crippen molar-refractivity contribution in [1.29, 1.82) is 0 Å². The van der Waals surface area contributed by atoms with E-state index in [1.165, 1.54) is 0 Å². The smallest absolute Gasteiger partial charge is 0.246 e. The van der Waals surface area contributed by atoms with Crippen LogP contribution in [-0.4, -0.2) is 38.7 Å². The van der Waals surface area contributed by atoms with Crippen LogP contribution >= 0.6 is 12.2 Å². The number of H-pyrrole nitrogens is 1. The Labute approximate surface area is 139 Å². The first kappa shape index (κ1) is 15.7. The highest BCUT2D eigenvalue weighted by atomic mass is 32.1. The molecule has 0 radical (unpaired) electrons. The van der Waals surface area contributed by atoms with Crippen molar-refractivity contribution < 1.29 is 9.21 Å². The number of aromatic nitrogens is 3. The maximum absolute atomic E-state index is 12.4. The zero-order valence-electron chi connectivity index (χ0n) is 13.1. The molecule has 0 aromatic carbocycles. The molecule has 2 aromatic heterocycles. The Morgan fingerprint density at radius 1 is 1.61 bits per heavy atom. The summed E-state index contributed by atoms with van der Waals surface area (Å²) >= 11 is 5.25. The Bertz CT molecular complexity index is 744. The van der Waals surface area contributed by atoms with Gasteiger partial charge in [0.25, 0.3) is 0 Å². The Kier molecular flexibility index (Phi) is 4.76. The van der Waals surface area contributed by atoms with Crippen LogP contribution in [0, 0.1) is 4.77 Å². The van der Waals surface area contributed by atoms with E-state index >= 15 is 0 Å². The number of hydrogen-bond donors (Lipinski definition) is 1. The molecule has 0 bridgehead atoms. The number of carbonyl (C=O) groups is 1. The zero-order chi connectivity index (χ0) is 16.2. The molecule has 3 rings (SSSR count). The summed E-state index contributed by atoms with van der Waals surface area (Å²) in [5.74, 6) is 1.85. The van der Waals surface area contributed by atoms with Gasteiger partial charge in [-0.15, -0.1) is 0 Å².